The number of hydrogen-bond acceptors (Lipinski definition) is 3. The molecule has 1 heterocycles. The molecule has 0 aliphatic carbocycles. The van der Waals surface area contributed by atoms with Crippen molar-refractivity contribution in [3.05, 3.63) is 89.0 Å². The van der Waals surface area contributed by atoms with Crippen molar-refractivity contribution in [1.82, 2.24) is 4.98 Å². The van der Waals surface area contributed by atoms with E-state index in [1.54, 1.807) is 55.7 Å². The standard InChI is InChI=1S/C19H16ClFN2O2S/c1-14-11-17(21)6-9-19(14)26(24,25)23(13-15-3-2-10-22-12-15)18-7-4-16(20)5-8-18/h2-12H,13H2,1H3. The molecule has 0 saturated heterocycles. The third kappa shape index (κ3) is 3.86. The number of aromatic nitrogens is 1. The van der Waals surface area contributed by atoms with Crippen LogP contribution in [0.4, 0.5) is 10.1 Å². The number of aryl methyl sites for hydroxylation is 1. The van der Waals surface area contributed by atoms with Crippen LogP contribution in [0.15, 0.2) is 71.9 Å². The van der Waals surface area contributed by atoms with Crippen molar-refractivity contribution < 1.29 is 12.8 Å². The summed E-state index contributed by atoms with van der Waals surface area (Å²) in [6.07, 6.45) is 3.23. The van der Waals surface area contributed by atoms with Crippen LogP contribution in [0.25, 0.3) is 0 Å². The molecule has 134 valence electrons. The molecule has 0 saturated carbocycles. The number of anilines is 1. The quantitative estimate of drug-likeness (QED) is 0.640. The smallest absolute Gasteiger partial charge is 0.264 e. The number of pyridine rings is 1. The Morgan fingerprint density at radius 1 is 1.12 bits per heavy atom. The van der Waals surface area contributed by atoms with Crippen molar-refractivity contribution in [2.45, 2.75) is 18.4 Å². The van der Waals surface area contributed by atoms with Gasteiger partial charge in [-0.25, -0.2) is 12.8 Å². The van der Waals surface area contributed by atoms with Crippen LogP contribution in [0.5, 0.6) is 0 Å². The maximum atomic E-state index is 13.4. The lowest BCUT2D eigenvalue weighted by atomic mass is 10.2. The van der Waals surface area contributed by atoms with Crippen LogP contribution in [0.3, 0.4) is 0 Å². The average molecular weight is 391 g/mol. The van der Waals surface area contributed by atoms with E-state index < -0.39 is 15.8 Å². The highest BCUT2D eigenvalue weighted by Gasteiger charge is 2.27. The minimum Gasteiger partial charge on any atom is -0.264 e. The number of sulfonamides is 1. The van der Waals surface area contributed by atoms with Crippen LogP contribution in [-0.4, -0.2) is 13.4 Å². The first kappa shape index (κ1) is 18.4. The van der Waals surface area contributed by atoms with Crippen molar-refractivity contribution in [3.8, 4) is 0 Å². The Bertz CT molecular complexity index is 1010. The van der Waals surface area contributed by atoms with E-state index in [1.807, 2.05) is 0 Å². The predicted octanol–water partition coefficient (Wildman–Crippen LogP) is 4.58. The Balaban J connectivity index is 2.11. The van der Waals surface area contributed by atoms with Gasteiger partial charge in [-0.1, -0.05) is 17.7 Å². The Labute approximate surface area is 156 Å². The molecular weight excluding hydrogens is 375 g/mol. The molecular formula is C19H16ClFN2O2S. The molecule has 3 aromatic rings. The Kier molecular flexibility index (Phi) is 5.25. The van der Waals surface area contributed by atoms with Crippen molar-refractivity contribution in [2.75, 3.05) is 4.31 Å². The van der Waals surface area contributed by atoms with Crippen LogP contribution >= 0.6 is 11.6 Å². The second-order valence-corrected chi connectivity index (χ2v) is 8.03. The first-order chi connectivity index (χ1) is 12.4. The summed E-state index contributed by atoms with van der Waals surface area (Å²) in [5.41, 5.74) is 1.53. The second-order valence-electron chi connectivity index (χ2n) is 5.76. The molecule has 0 atom stereocenters. The summed E-state index contributed by atoms with van der Waals surface area (Å²) in [5, 5.41) is 0.505. The molecule has 0 aliphatic rings. The maximum absolute atomic E-state index is 13.4. The van der Waals surface area contributed by atoms with Crippen molar-refractivity contribution >= 4 is 27.3 Å². The zero-order valence-electron chi connectivity index (χ0n) is 13.9. The van der Waals surface area contributed by atoms with Crippen molar-refractivity contribution in [3.63, 3.8) is 0 Å². The number of nitrogens with zero attached hydrogens (tertiary/aromatic N) is 2. The number of rotatable bonds is 5. The van der Waals surface area contributed by atoms with Gasteiger partial charge in [0.05, 0.1) is 17.1 Å². The van der Waals surface area contributed by atoms with Gasteiger partial charge in [0.2, 0.25) is 0 Å². The minimum atomic E-state index is -3.92. The largest absolute Gasteiger partial charge is 0.264 e. The fourth-order valence-electron chi connectivity index (χ4n) is 2.60. The summed E-state index contributed by atoms with van der Waals surface area (Å²) in [4.78, 5) is 4.09. The average Bonchev–Trinajstić information content (AvgIpc) is 2.61. The van der Waals surface area contributed by atoms with E-state index in [0.29, 0.717) is 16.3 Å². The molecule has 1 aromatic heterocycles. The van der Waals surface area contributed by atoms with Gasteiger partial charge in [-0.15, -0.1) is 0 Å². The van der Waals surface area contributed by atoms with E-state index in [9.17, 15) is 12.8 Å². The molecule has 0 bridgehead atoms. The molecule has 0 unspecified atom stereocenters. The fourth-order valence-corrected chi connectivity index (χ4v) is 4.39. The maximum Gasteiger partial charge on any atom is 0.264 e. The van der Waals surface area contributed by atoms with E-state index in [2.05, 4.69) is 4.98 Å². The highest BCUT2D eigenvalue weighted by molar-refractivity contribution is 7.92. The van der Waals surface area contributed by atoms with E-state index in [0.717, 1.165) is 11.6 Å². The Morgan fingerprint density at radius 3 is 2.46 bits per heavy atom. The molecule has 3 rings (SSSR count). The highest BCUT2D eigenvalue weighted by Crippen LogP contribution is 2.29. The zero-order valence-corrected chi connectivity index (χ0v) is 15.5. The van der Waals surface area contributed by atoms with Gasteiger partial charge in [0.1, 0.15) is 5.82 Å². The van der Waals surface area contributed by atoms with Crippen LogP contribution in [0.2, 0.25) is 5.02 Å². The van der Waals surface area contributed by atoms with Crippen molar-refractivity contribution in [1.29, 1.82) is 0 Å². The first-order valence-electron chi connectivity index (χ1n) is 7.81. The van der Waals surface area contributed by atoms with E-state index in [1.165, 1.54) is 16.4 Å². The zero-order chi connectivity index (χ0) is 18.7. The summed E-state index contributed by atoms with van der Waals surface area (Å²) in [5.74, 6) is -0.480. The Morgan fingerprint density at radius 2 is 1.85 bits per heavy atom. The minimum absolute atomic E-state index is 0.0535. The highest BCUT2D eigenvalue weighted by atomic mass is 35.5. The van der Waals surface area contributed by atoms with Crippen LogP contribution in [-0.2, 0) is 16.6 Å². The van der Waals surface area contributed by atoms with Gasteiger partial charge < -0.3 is 0 Å². The molecule has 0 amide bonds. The summed E-state index contributed by atoms with van der Waals surface area (Å²) in [7, 11) is -3.92. The molecule has 0 N–H and O–H groups in total. The van der Waals surface area contributed by atoms with Crippen molar-refractivity contribution in [2.24, 2.45) is 0 Å². The lowest BCUT2D eigenvalue weighted by Gasteiger charge is -2.25. The third-order valence-electron chi connectivity index (χ3n) is 3.87. The van der Waals surface area contributed by atoms with Gasteiger partial charge in [-0.05, 0) is 66.6 Å². The van der Waals surface area contributed by atoms with E-state index in [-0.39, 0.29) is 11.4 Å². The number of halogens is 2. The van der Waals surface area contributed by atoms with Gasteiger partial charge in [0, 0.05) is 17.4 Å². The van der Waals surface area contributed by atoms with Gasteiger partial charge >= 0.3 is 0 Å². The number of hydrogen-bond donors (Lipinski definition) is 0. The monoisotopic (exact) mass is 390 g/mol. The lowest BCUT2D eigenvalue weighted by Crippen LogP contribution is -2.31. The summed E-state index contributed by atoms with van der Waals surface area (Å²) in [6, 6.07) is 13.7. The molecule has 0 aliphatic heterocycles. The summed E-state index contributed by atoms with van der Waals surface area (Å²) in [6.45, 7) is 1.66. The van der Waals surface area contributed by atoms with Crippen LogP contribution in [0.1, 0.15) is 11.1 Å². The van der Waals surface area contributed by atoms with Crippen LogP contribution < -0.4 is 4.31 Å². The predicted molar refractivity (Wildman–Crippen MR) is 100 cm³/mol. The molecule has 0 radical (unpaired) electrons. The lowest BCUT2D eigenvalue weighted by molar-refractivity contribution is 0.588. The van der Waals surface area contributed by atoms with Gasteiger partial charge in [0.25, 0.3) is 10.0 Å². The fraction of sp³-hybridized carbons (Fsp3) is 0.105. The third-order valence-corrected chi connectivity index (χ3v) is 6.05. The normalized spacial score (nSPS) is 11.3. The van der Waals surface area contributed by atoms with Crippen LogP contribution in [0, 0.1) is 12.7 Å². The second kappa shape index (κ2) is 7.43. The number of benzene rings is 2. The van der Waals surface area contributed by atoms with Gasteiger partial charge in [-0.2, -0.15) is 0 Å². The molecule has 2 aromatic carbocycles. The molecule has 7 heteroatoms. The van der Waals surface area contributed by atoms with Gasteiger partial charge in [0.15, 0.2) is 0 Å². The topological polar surface area (TPSA) is 50.3 Å². The summed E-state index contributed by atoms with van der Waals surface area (Å²) < 4.78 is 41.3. The SMILES string of the molecule is Cc1cc(F)ccc1S(=O)(=O)N(Cc1cccnc1)c1ccc(Cl)cc1. The molecule has 0 fully saturated rings. The Hall–Kier alpha value is -2.44. The van der Waals surface area contributed by atoms with E-state index in [4.69, 9.17) is 11.6 Å². The first-order valence-corrected chi connectivity index (χ1v) is 9.63. The summed E-state index contributed by atoms with van der Waals surface area (Å²) >= 11 is 5.93. The van der Waals surface area contributed by atoms with Gasteiger partial charge in [-0.3, -0.25) is 9.29 Å². The molecule has 4 nitrogen and oxygen atoms in total. The molecule has 0 spiro atoms. The molecule has 26 heavy (non-hydrogen) atoms. The van der Waals surface area contributed by atoms with E-state index >= 15 is 0 Å².